The van der Waals surface area contributed by atoms with Gasteiger partial charge in [0.15, 0.2) is 16.6 Å². The maximum absolute atomic E-state index is 13.3. The lowest BCUT2D eigenvalue weighted by Crippen LogP contribution is -2.71. The van der Waals surface area contributed by atoms with Crippen LogP contribution in [-0.2, 0) is 24.0 Å². The third kappa shape index (κ3) is 5.84. The van der Waals surface area contributed by atoms with E-state index in [4.69, 9.17) is 10.6 Å². The molecule has 2 aromatic heterocycles. The van der Waals surface area contributed by atoms with Crippen LogP contribution in [0.2, 0.25) is 0 Å². The van der Waals surface area contributed by atoms with Gasteiger partial charge in [-0.3, -0.25) is 24.1 Å². The maximum atomic E-state index is 13.3. The average Bonchev–Trinajstić information content (AvgIpc) is 3.44. The van der Waals surface area contributed by atoms with Gasteiger partial charge < -0.3 is 41.5 Å². The average molecular weight is 672 g/mol. The zero-order valence-electron chi connectivity index (χ0n) is 23.9. The van der Waals surface area contributed by atoms with Crippen molar-refractivity contribution in [2.24, 2.45) is 5.16 Å². The number of aromatic hydroxyl groups is 1. The number of pyridine rings is 1. The molecule has 240 valence electrons. The van der Waals surface area contributed by atoms with E-state index < -0.39 is 69.4 Å². The highest BCUT2D eigenvalue weighted by Gasteiger charge is 2.54. The number of fused-ring (bicyclic) bond motifs is 2. The monoisotopic (exact) mass is 671 g/mol. The number of oxime groups is 1. The van der Waals surface area contributed by atoms with E-state index >= 15 is 0 Å². The highest BCUT2D eigenvalue weighted by Crippen LogP contribution is 2.40. The van der Waals surface area contributed by atoms with Crippen molar-refractivity contribution in [3.8, 4) is 5.75 Å². The fraction of sp³-hybridized carbons (Fsp3) is 0.259. The molecule has 1 unspecified atom stereocenters. The third-order valence-corrected chi connectivity index (χ3v) is 9.00. The molecule has 0 saturated carbocycles. The SMILES string of the molecule is CC(C)(O/N=C(\C(=O)NC1C(=O)N2C(C(=O)O)=C(CNC(=O)c3c(O)c(=O)[nH]c4ccccc34)CS[C@H]12)c1csc(N)n1)C(=O)O. The molecule has 2 aliphatic heterocycles. The Bertz CT molecular complexity index is 1930. The predicted octanol–water partition coefficient (Wildman–Crippen LogP) is 0.0249. The second kappa shape index (κ2) is 12.2. The molecule has 5 rings (SSSR count). The van der Waals surface area contributed by atoms with Gasteiger partial charge in [0.2, 0.25) is 5.60 Å². The van der Waals surface area contributed by atoms with Crippen molar-refractivity contribution in [3.05, 3.63) is 62.5 Å². The molecular weight excluding hydrogens is 646 g/mol. The molecule has 8 N–H and O–H groups in total. The quantitative estimate of drug-likeness (QED) is 0.0853. The Morgan fingerprint density at radius 1 is 1.22 bits per heavy atom. The first-order valence-electron chi connectivity index (χ1n) is 13.2. The topological polar surface area (TPSA) is 267 Å². The number of hydrogen-bond donors (Lipinski definition) is 7. The van der Waals surface area contributed by atoms with Crippen LogP contribution < -0.4 is 21.9 Å². The molecule has 3 aromatic rings. The van der Waals surface area contributed by atoms with Crippen molar-refractivity contribution >= 4 is 74.5 Å². The Labute approximate surface area is 266 Å². The Morgan fingerprint density at radius 3 is 2.59 bits per heavy atom. The summed E-state index contributed by atoms with van der Waals surface area (Å²) in [6.07, 6.45) is 0. The summed E-state index contributed by atoms with van der Waals surface area (Å²) in [5.41, 5.74) is 2.26. The van der Waals surface area contributed by atoms with Gasteiger partial charge in [-0.1, -0.05) is 23.4 Å². The number of nitrogen functional groups attached to an aromatic ring is 1. The second-order valence-electron chi connectivity index (χ2n) is 10.4. The number of thioether (sulfide) groups is 1. The summed E-state index contributed by atoms with van der Waals surface area (Å²) >= 11 is 2.10. The number of thiazole rings is 1. The Kier molecular flexibility index (Phi) is 8.46. The van der Waals surface area contributed by atoms with E-state index in [1.807, 2.05) is 0 Å². The lowest BCUT2D eigenvalue weighted by atomic mass is 10.0. The van der Waals surface area contributed by atoms with Crippen LogP contribution in [0.1, 0.15) is 29.9 Å². The number of carbonyl (C=O) groups is 5. The first-order chi connectivity index (χ1) is 21.7. The molecule has 1 aromatic carbocycles. The van der Waals surface area contributed by atoms with Gasteiger partial charge in [-0.25, -0.2) is 14.6 Å². The van der Waals surface area contributed by atoms with Crippen molar-refractivity contribution < 1.29 is 44.1 Å². The summed E-state index contributed by atoms with van der Waals surface area (Å²) in [6, 6.07) is 5.11. The van der Waals surface area contributed by atoms with Crippen LogP contribution in [0.3, 0.4) is 0 Å². The number of carboxylic acids is 2. The molecule has 17 nitrogen and oxygen atoms in total. The number of aliphatic carboxylic acids is 2. The second-order valence-corrected chi connectivity index (χ2v) is 12.4. The normalized spacial score (nSPS) is 18.1. The van der Waals surface area contributed by atoms with Gasteiger partial charge in [0, 0.05) is 28.6 Å². The van der Waals surface area contributed by atoms with E-state index in [1.165, 1.54) is 25.3 Å². The van der Waals surface area contributed by atoms with E-state index in [9.17, 15) is 44.1 Å². The Morgan fingerprint density at radius 2 is 1.93 bits per heavy atom. The minimum atomic E-state index is -1.81. The summed E-state index contributed by atoms with van der Waals surface area (Å²) in [7, 11) is 0. The van der Waals surface area contributed by atoms with Gasteiger partial charge in [0.1, 0.15) is 22.8 Å². The molecule has 46 heavy (non-hydrogen) atoms. The number of anilines is 1. The van der Waals surface area contributed by atoms with Crippen LogP contribution >= 0.6 is 23.1 Å². The molecule has 3 amide bonds. The zero-order chi connectivity index (χ0) is 33.5. The predicted molar refractivity (Wildman–Crippen MR) is 164 cm³/mol. The van der Waals surface area contributed by atoms with E-state index in [-0.39, 0.29) is 39.6 Å². The first-order valence-corrected chi connectivity index (χ1v) is 15.2. The maximum Gasteiger partial charge on any atom is 0.352 e. The van der Waals surface area contributed by atoms with Gasteiger partial charge in [-0.15, -0.1) is 23.1 Å². The molecule has 1 fully saturated rings. The van der Waals surface area contributed by atoms with Gasteiger partial charge >= 0.3 is 11.9 Å². The van der Waals surface area contributed by atoms with Crippen LogP contribution in [-0.4, -0.2) is 94.9 Å². The number of benzene rings is 1. The van der Waals surface area contributed by atoms with Gasteiger partial charge in [-0.05, 0) is 25.5 Å². The summed E-state index contributed by atoms with van der Waals surface area (Å²) < 4.78 is 0. The van der Waals surface area contributed by atoms with Crippen LogP contribution in [0, 0.1) is 0 Å². The Balaban J connectivity index is 1.34. The number of rotatable bonds is 10. The Hall–Kier alpha value is -5.43. The van der Waals surface area contributed by atoms with Crippen LogP contribution in [0.5, 0.6) is 5.75 Å². The van der Waals surface area contributed by atoms with E-state index in [0.29, 0.717) is 5.52 Å². The number of nitrogens with zero attached hydrogens (tertiary/aromatic N) is 3. The summed E-state index contributed by atoms with van der Waals surface area (Å²) in [6.45, 7) is 2.08. The number of aromatic nitrogens is 2. The zero-order valence-corrected chi connectivity index (χ0v) is 25.5. The number of β-lactam (4-membered cyclic amide) rings is 1. The van der Waals surface area contributed by atoms with Gasteiger partial charge in [-0.2, -0.15) is 0 Å². The highest BCUT2D eigenvalue weighted by atomic mass is 32.2. The summed E-state index contributed by atoms with van der Waals surface area (Å²) in [5.74, 6) is -6.15. The lowest BCUT2D eigenvalue weighted by Gasteiger charge is -2.49. The largest absolute Gasteiger partial charge is 0.502 e. The number of nitrogens with two attached hydrogens (primary N) is 1. The number of carboxylic acid groups (broad SMARTS) is 2. The smallest absolute Gasteiger partial charge is 0.352 e. The molecule has 2 atom stereocenters. The molecule has 2 aliphatic rings. The fourth-order valence-corrected chi connectivity index (χ4v) is 6.46. The van der Waals surface area contributed by atoms with Crippen LogP contribution in [0.15, 0.2) is 50.9 Å². The minimum Gasteiger partial charge on any atom is -0.502 e. The standard InChI is InChI=1S/C27H25N7O10S2/c1-27(2,25(42)43)44-33-15(13-9-46-26(28)31-13)20(37)32-16-22(39)34-17(24(40)41)10(8-45-23(16)34)7-29-19(36)14-11-5-3-4-6-12(11)30-21(38)18(14)35/h3-6,9,16,23,35H,7-8H2,1-2H3,(H2,28,31)(H,29,36)(H,30,38)(H,32,37)(H,40,41)(H,42,43)/b33-15-/t16?,23-/m1/s1. The minimum absolute atomic E-state index is 0.0321. The number of H-pyrrole nitrogens is 1. The molecule has 0 spiro atoms. The molecule has 0 radical (unpaired) electrons. The molecule has 19 heteroatoms. The number of nitrogens with one attached hydrogen (secondary N) is 3. The fourth-order valence-electron chi connectivity index (χ4n) is 4.57. The van der Waals surface area contributed by atoms with Crippen molar-refractivity contribution in [3.63, 3.8) is 0 Å². The van der Waals surface area contributed by atoms with Crippen molar-refractivity contribution in [2.45, 2.75) is 30.9 Å². The molecule has 4 heterocycles. The summed E-state index contributed by atoms with van der Waals surface area (Å²) in [4.78, 5) is 88.0. The molecular formula is C27H25N7O10S2. The number of aromatic amines is 1. The highest BCUT2D eigenvalue weighted by molar-refractivity contribution is 8.00. The van der Waals surface area contributed by atoms with Crippen molar-refractivity contribution in [2.75, 3.05) is 18.0 Å². The third-order valence-electron chi connectivity index (χ3n) is 6.98. The number of hydrogen-bond acceptors (Lipinski definition) is 13. The molecule has 0 bridgehead atoms. The van der Waals surface area contributed by atoms with Crippen molar-refractivity contribution in [1.29, 1.82) is 0 Å². The molecule has 0 aliphatic carbocycles. The van der Waals surface area contributed by atoms with Gasteiger partial charge in [0.05, 0.1) is 5.56 Å². The molecule has 1 saturated heterocycles. The van der Waals surface area contributed by atoms with Crippen molar-refractivity contribution in [1.82, 2.24) is 25.5 Å². The summed E-state index contributed by atoms with van der Waals surface area (Å²) in [5, 5.41) is 39.2. The first kappa shape index (κ1) is 32.0. The number of carbonyl (C=O) groups excluding carboxylic acids is 3. The van der Waals surface area contributed by atoms with E-state index in [2.05, 4.69) is 25.8 Å². The van der Waals surface area contributed by atoms with E-state index in [1.54, 1.807) is 18.2 Å². The van der Waals surface area contributed by atoms with Crippen LogP contribution in [0.4, 0.5) is 5.13 Å². The van der Waals surface area contributed by atoms with Crippen LogP contribution in [0.25, 0.3) is 10.9 Å². The number of amides is 3. The number of para-hydroxylation sites is 1. The van der Waals surface area contributed by atoms with E-state index in [0.717, 1.165) is 28.0 Å². The lowest BCUT2D eigenvalue weighted by molar-refractivity contribution is -0.161. The van der Waals surface area contributed by atoms with Gasteiger partial charge in [0.25, 0.3) is 23.3 Å².